The van der Waals surface area contributed by atoms with Gasteiger partial charge in [-0.15, -0.1) is 0 Å². The van der Waals surface area contributed by atoms with Crippen LogP contribution in [0.2, 0.25) is 0 Å². The SMILES string of the molecule is CCCCc1ccc(NCc2cncn2CCC)cc1. The van der Waals surface area contributed by atoms with Gasteiger partial charge in [0, 0.05) is 18.4 Å². The summed E-state index contributed by atoms with van der Waals surface area (Å²) >= 11 is 0. The fraction of sp³-hybridized carbons (Fsp3) is 0.471. The van der Waals surface area contributed by atoms with Gasteiger partial charge in [-0.05, 0) is 37.0 Å². The molecule has 0 spiro atoms. The third-order valence-corrected chi connectivity index (χ3v) is 3.51. The predicted molar refractivity (Wildman–Crippen MR) is 84.9 cm³/mol. The Morgan fingerprint density at radius 3 is 2.60 bits per heavy atom. The number of benzene rings is 1. The van der Waals surface area contributed by atoms with Crippen molar-refractivity contribution in [3.8, 4) is 0 Å². The molecule has 0 unspecified atom stereocenters. The van der Waals surface area contributed by atoms with E-state index >= 15 is 0 Å². The van der Waals surface area contributed by atoms with E-state index in [0.717, 1.165) is 19.5 Å². The molecule has 20 heavy (non-hydrogen) atoms. The zero-order valence-corrected chi connectivity index (χ0v) is 12.6. The standard InChI is InChI=1S/C17H25N3/c1-3-5-6-15-7-9-16(10-8-15)19-13-17-12-18-14-20(17)11-4-2/h7-10,12,14,19H,3-6,11,13H2,1-2H3. The molecule has 0 bridgehead atoms. The van der Waals surface area contributed by atoms with Crippen LogP contribution in [0.3, 0.4) is 0 Å². The zero-order chi connectivity index (χ0) is 14.2. The molecule has 3 nitrogen and oxygen atoms in total. The Morgan fingerprint density at radius 2 is 1.90 bits per heavy atom. The topological polar surface area (TPSA) is 29.9 Å². The molecule has 0 aliphatic carbocycles. The number of hydrogen-bond donors (Lipinski definition) is 1. The first-order valence-electron chi connectivity index (χ1n) is 7.65. The van der Waals surface area contributed by atoms with E-state index in [-0.39, 0.29) is 0 Å². The smallest absolute Gasteiger partial charge is 0.0948 e. The minimum Gasteiger partial charge on any atom is -0.379 e. The van der Waals surface area contributed by atoms with Gasteiger partial charge in [-0.25, -0.2) is 4.98 Å². The molecule has 1 aromatic heterocycles. The normalized spacial score (nSPS) is 10.7. The molecule has 0 aliphatic rings. The first-order valence-corrected chi connectivity index (χ1v) is 7.65. The number of nitrogens with one attached hydrogen (secondary N) is 1. The average Bonchev–Trinajstić information content (AvgIpc) is 2.92. The molecule has 3 heteroatoms. The molecule has 0 atom stereocenters. The molecule has 0 amide bonds. The summed E-state index contributed by atoms with van der Waals surface area (Å²) in [7, 11) is 0. The van der Waals surface area contributed by atoms with Gasteiger partial charge in [0.15, 0.2) is 0 Å². The molecule has 0 saturated carbocycles. The second-order valence-corrected chi connectivity index (χ2v) is 5.23. The van der Waals surface area contributed by atoms with E-state index in [0.29, 0.717) is 0 Å². The average molecular weight is 271 g/mol. The van der Waals surface area contributed by atoms with Crippen molar-refractivity contribution in [3.05, 3.63) is 48.0 Å². The first kappa shape index (κ1) is 14.6. The lowest BCUT2D eigenvalue weighted by Crippen LogP contribution is -2.06. The Hall–Kier alpha value is -1.77. The van der Waals surface area contributed by atoms with Crippen LogP contribution in [0.15, 0.2) is 36.8 Å². The lowest BCUT2D eigenvalue weighted by Gasteiger charge is -2.10. The van der Waals surface area contributed by atoms with Crippen molar-refractivity contribution in [2.45, 2.75) is 52.6 Å². The number of unbranched alkanes of at least 4 members (excludes halogenated alkanes) is 1. The van der Waals surface area contributed by atoms with E-state index in [1.54, 1.807) is 0 Å². The molecule has 0 aliphatic heterocycles. The maximum absolute atomic E-state index is 4.22. The van der Waals surface area contributed by atoms with Crippen molar-refractivity contribution in [2.24, 2.45) is 0 Å². The van der Waals surface area contributed by atoms with Crippen molar-refractivity contribution >= 4 is 5.69 Å². The van der Waals surface area contributed by atoms with Gasteiger partial charge in [-0.2, -0.15) is 0 Å². The number of rotatable bonds is 8. The molecular formula is C17H25N3. The fourth-order valence-electron chi connectivity index (χ4n) is 2.30. The highest BCUT2D eigenvalue weighted by molar-refractivity contribution is 5.44. The van der Waals surface area contributed by atoms with E-state index in [9.17, 15) is 0 Å². The third-order valence-electron chi connectivity index (χ3n) is 3.51. The van der Waals surface area contributed by atoms with Crippen molar-refractivity contribution in [1.29, 1.82) is 0 Å². The summed E-state index contributed by atoms with van der Waals surface area (Å²) in [5.41, 5.74) is 3.84. The van der Waals surface area contributed by atoms with Crippen LogP contribution in [0, 0.1) is 0 Å². The Kier molecular flexibility index (Phi) is 5.66. The van der Waals surface area contributed by atoms with E-state index in [1.807, 2.05) is 12.5 Å². The van der Waals surface area contributed by atoms with Crippen LogP contribution in [0.1, 0.15) is 44.4 Å². The largest absolute Gasteiger partial charge is 0.379 e. The van der Waals surface area contributed by atoms with Crippen molar-refractivity contribution in [1.82, 2.24) is 9.55 Å². The number of anilines is 1. The molecule has 0 radical (unpaired) electrons. The van der Waals surface area contributed by atoms with Crippen molar-refractivity contribution < 1.29 is 0 Å². The third kappa shape index (κ3) is 4.12. The van der Waals surface area contributed by atoms with Crippen LogP contribution in [-0.2, 0) is 19.5 Å². The Labute approximate surface area is 122 Å². The van der Waals surface area contributed by atoms with Crippen LogP contribution < -0.4 is 5.32 Å². The zero-order valence-electron chi connectivity index (χ0n) is 12.6. The predicted octanol–water partition coefficient (Wildman–Crippen LogP) is 4.25. The lowest BCUT2D eigenvalue weighted by molar-refractivity contribution is 0.651. The van der Waals surface area contributed by atoms with Crippen LogP contribution in [0.4, 0.5) is 5.69 Å². The number of imidazole rings is 1. The Balaban J connectivity index is 1.88. The number of aromatic nitrogens is 2. The van der Waals surface area contributed by atoms with Gasteiger partial charge in [0.05, 0.1) is 18.6 Å². The minimum atomic E-state index is 0.828. The highest BCUT2D eigenvalue weighted by Gasteiger charge is 2.01. The maximum atomic E-state index is 4.22. The second kappa shape index (κ2) is 7.73. The van der Waals surface area contributed by atoms with Crippen LogP contribution in [0.25, 0.3) is 0 Å². The number of hydrogen-bond acceptors (Lipinski definition) is 2. The minimum absolute atomic E-state index is 0.828. The highest BCUT2D eigenvalue weighted by Crippen LogP contribution is 2.13. The second-order valence-electron chi connectivity index (χ2n) is 5.23. The summed E-state index contributed by atoms with van der Waals surface area (Å²) in [6, 6.07) is 8.79. The first-order chi connectivity index (χ1) is 9.83. The highest BCUT2D eigenvalue weighted by atomic mass is 15.1. The molecule has 0 fully saturated rings. The van der Waals surface area contributed by atoms with E-state index in [4.69, 9.17) is 0 Å². The van der Waals surface area contributed by atoms with Gasteiger partial charge < -0.3 is 9.88 Å². The maximum Gasteiger partial charge on any atom is 0.0948 e. The van der Waals surface area contributed by atoms with Gasteiger partial charge >= 0.3 is 0 Å². The summed E-state index contributed by atoms with van der Waals surface area (Å²) in [6.45, 7) is 6.28. The summed E-state index contributed by atoms with van der Waals surface area (Å²) in [5, 5.41) is 3.47. The molecule has 0 saturated heterocycles. The summed E-state index contributed by atoms with van der Waals surface area (Å²) < 4.78 is 2.21. The quantitative estimate of drug-likeness (QED) is 0.778. The summed E-state index contributed by atoms with van der Waals surface area (Å²) in [6.07, 6.45) is 8.69. The van der Waals surface area contributed by atoms with Crippen LogP contribution >= 0.6 is 0 Å². The molecule has 1 heterocycles. The molecule has 108 valence electrons. The summed E-state index contributed by atoms with van der Waals surface area (Å²) in [4.78, 5) is 4.22. The fourth-order valence-corrected chi connectivity index (χ4v) is 2.30. The molecule has 2 aromatic rings. The Morgan fingerprint density at radius 1 is 1.10 bits per heavy atom. The summed E-state index contributed by atoms with van der Waals surface area (Å²) in [5.74, 6) is 0. The van der Waals surface area contributed by atoms with E-state index < -0.39 is 0 Å². The van der Waals surface area contributed by atoms with Gasteiger partial charge in [-0.3, -0.25) is 0 Å². The molecule has 1 N–H and O–H groups in total. The lowest BCUT2D eigenvalue weighted by atomic mass is 10.1. The van der Waals surface area contributed by atoms with Gasteiger partial charge in [0.2, 0.25) is 0 Å². The number of aryl methyl sites for hydroxylation is 2. The van der Waals surface area contributed by atoms with Gasteiger partial charge in [-0.1, -0.05) is 32.4 Å². The van der Waals surface area contributed by atoms with Crippen molar-refractivity contribution in [3.63, 3.8) is 0 Å². The van der Waals surface area contributed by atoms with Gasteiger partial charge in [0.1, 0.15) is 0 Å². The number of nitrogens with zero attached hydrogens (tertiary/aromatic N) is 2. The van der Waals surface area contributed by atoms with Crippen molar-refractivity contribution in [2.75, 3.05) is 5.32 Å². The van der Waals surface area contributed by atoms with E-state index in [1.165, 1.54) is 36.2 Å². The monoisotopic (exact) mass is 271 g/mol. The van der Waals surface area contributed by atoms with Crippen LogP contribution in [0.5, 0.6) is 0 Å². The van der Waals surface area contributed by atoms with Crippen LogP contribution in [-0.4, -0.2) is 9.55 Å². The molecule has 1 aromatic carbocycles. The molecular weight excluding hydrogens is 246 g/mol. The molecule has 2 rings (SSSR count). The Bertz CT molecular complexity index is 499. The van der Waals surface area contributed by atoms with E-state index in [2.05, 4.69) is 53.0 Å². The van der Waals surface area contributed by atoms with Gasteiger partial charge in [0.25, 0.3) is 0 Å².